The molecule has 0 aliphatic heterocycles. The number of aromatic amines is 1. The van der Waals surface area contributed by atoms with Crippen LogP contribution < -0.4 is 0 Å². The summed E-state index contributed by atoms with van der Waals surface area (Å²) in [6, 6.07) is 8.24. The number of fused-ring (bicyclic) bond motifs is 1. The van der Waals surface area contributed by atoms with Gasteiger partial charge in [0, 0.05) is 11.6 Å². The average molecular weight is 360 g/mol. The smallest absolute Gasteiger partial charge is 0.139 e. The fourth-order valence-electron chi connectivity index (χ4n) is 1.79. The first kappa shape index (κ1) is 12.9. The highest BCUT2D eigenvalue weighted by Crippen LogP contribution is 2.29. The summed E-state index contributed by atoms with van der Waals surface area (Å²) in [5.74, 6) is 0.280. The number of aromatic nitrogens is 2. The molecule has 2 aromatic carbocycles. The van der Waals surface area contributed by atoms with Crippen LogP contribution in [0.4, 0.5) is 4.39 Å². The molecule has 1 heterocycles. The van der Waals surface area contributed by atoms with Crippen LogP contribution in [0.1, 0.15) is 0 Å². The van der Waals surface area contributed by atoms with Gasteiger partial charge in [0.25, 0.3) is 0 Å². The molecule has 96 valence electrons. The van der Waals surface area contributed by atoms with Crippen molar-refractivity contribution in [2.24, 2.45) is 0 Å². The van der Waals surface area contributed by atoms with Gasteiger partial charge in [0.2, 0.25) is 0 Å². The third-order valence-electron chi connectivity index (χ3n) is 2.72. The highest BCUT2D eigenvalue weighted by Gasteiger charge is 2.10. The van der Waals surface area contributed by atoms with Gasteiger partial charge in [-0.15, -0.1) is 0 Å². The van der Waals surface area contributed by atoms with Gasteiger partial charge in [-0.3, -0.25) is 0 Å². The number of halogens is 4. The number of nitrogens with zero attached hydrogens (tertiary/aromatic N) is 1. The van der Waals surface area contributed by atoms with Crippen molar-refractivity contribution >= 4 is 50.2 Å². The van der Waals surface area contributed by atoms with E-state index in [-0.39, 0.29) is 5.82 Å². The van der Waals surface area contributed by atoms with Gasteiger partial charge in [0.1, 0.15) is 11.6 Å². The van der Waals surface area contributed by atoms with Crippen molar-refractivity contribution in [2.75, 3.05) is 0 Å². The highest BCUT2D eigenvalue weighted by atomic mass is 79.9. The number of hydrogen-bond donors (Lipinski definition) is 1. The van der Waals surface area contributed by atoms with E-state index >= 15 is 0 Å². The molecule has 0 spiro atoms. The lowest BCUT2D eigenvalue weighted by Gasteiger charge is -1.99. The average Bonchev–Trinajstić information content (AvgIpc) is 2.76. The van der Waals surface area contributed by atoms with Gasteiger partial charge < -0.3 is 4.98 Å². The van der Waals surface area contributed by atoms with Crippen molar-refractivity contribution < 1.29 is 4.39 Å². The van der Waals surface area contributed by atoms with Crippen LogP contribution in [-0.4, -0.2) is 9.97 Å². The van der Waals surface area contributed by atoms with Crippen LogP contribution in [0, 0.1) is 5.82 Å². The first-order chi connectivity index (χ1) is 9.04. The summed E-state index contributed by atoms with van der Waals surface area (Å²) in [7, 11) is 0. The monoisotopic (exact) mass is 358 g/mol. The van der Waals surface area contributed by atoms with Gasteiger partial charge in [-0.25, -0.2) is 9.37 Å². The molecule has 0 saturated heterocycles. The molecule has 0 fully saturated rings. The summed E-state index contributed by atoms with van der Waals surface area (Å²) in [4.78, 5) is 7.45. The molecular formula is C13H6BrCl2FN2. The molecular weight excluding hydrogens is 354 g/mol. The second kappa shape index (κ2) is 4.78. The van der Waals surface area contributed by atoms with Crippen molar-refractivity contribution in [3.05, 3.63) is 50.7 Å². The van der Waals surface area contributed by atoms with Crippen LogP contribution in [0.5, 0.6) is 0 Å². The Morgan fingerprint density at radius 1 is 1.11 bits per heavy atom. The topological polar surface area (TPSA) is 28.7 Å². The molecule has 0 unspecified atom stereocenters. The van der Waals surface area contributed by atoms with E-state index in [0.29, 0.717) is 31.4 Å². The number of H-pyrrole nitrogens is 1. The van der Waals surface area contributed by atoms with Gasteiger partial charge >= 0.3 is 0 Å². The molecule has 0 aliphatic carbocycles. The van der Waals surface area contributed by atoms with Gasteiger partial charge in [-0.1, -0.05) is 23.2 Å². The van der Waals surface area contributed by atoms with E-state index in [9.17, 15) is 4.39 Å². The van der Waals surface area contributed by atoms with Crippen molar-refractivity contribution in [3.8, 4) is 11.4 Å². The minimum atomic E-state index is -0.336. The van der Waals surface area contributed by atoms with E-state index in [2.05, 4.69) is 25.9 Å². The van der Waals surface area contributed by atoms with Gasteiger partial charge in [0.15, 0.2) is 0 Å². The fraction of sp³-hybridized carbons (Fsp3) is 0. The van der Waals surface area contributed by atoms with Gasteiger partial charge in [0.05, 0.1) is 25.6 Å². The van der Waals surface area contributed by atoms with E-state index in [1.807, 2.05) is 0 Å². The third-order valence-corrected chi connectivity index (χ3v) is 4.06. The molecule has 0 amide bonds. The van der Waals surface area contributed by atoms with Crippen molar-refractivity contribution in [1.29, 1.82) is 0 Å². The molecule has 0 bridgehead atoms. The van der Waals surface area contributed by atoms with Gasteiger partial charge in [-0.05, 0) is 40.2 Å². The second-order valence-electron chi connectivity index (χ2n) is 4.00. The lowest BCUT2D eigenvalue weighted by molar-refractivity contribution is 0.623. The Kier molecular flexibility index (Phi) is 3.25. The summed E-state index contributed by atoms with van der Waals surface area (Å²) >= 11 is 15.0. The summed E-state index contributed by atoms with van der Waals surface area (Å²) in [6.07, 6.45) is 0. The molecule has 1 N–H and O–H groups in total. The Labute approximate surface area is 126 Å². The molecule has 6 heteroatoms. The largest absolute Gasteiger partial charge is 0.338 e. The zero-order valence-corrected chi connectivity index (χ0v) is 12.4. The van der Waals surface area contributed by atoms with E-state index < -0.39 is 0 Å². The third kappa shape index (κ3) is 2.36. The molecule has 0 saturated carbocycles. The molecule has 3 rings (SSSR count). The van der Waals surface area contributed by atoms with Crippen molar-refractivity contribution in [1.82, 2.24) is 9.97 Å². The Bertz CT molecular complexity index is 747. The number of imidazole rings is 1. The molecule has 0 atom stereocenters. The first-order valence-electron chi connectivity index (χ1n) is 5.35. The lowest BCUT2D eigenvalue weighted by Crippen LogP contribution is -1.80. The zero-order chi connectivity index (χ0) is 13.6. The standard InChI is InChI=1S/C13H6BrCl2FN2/c14-7-4-11-12(5-10(7)17)19-13(18-11)6-1-2-8(15)9(16)3-6/h1-5H,(H,18,19). The number of benzene rings is 2. The fourth-order valence-corrected chi connectivity index (χ4v) is 2.41. The second-order valence-corrected chi connectivity index (χ2v) is 5.67. The van der Waals surface area contributed by atoms with Crippen LogP contribution in [0.3, 0.4) is 0 Å². The van der Waals surface area contributed by atoms with E-state index in [0.717, 1.165) is 5.56 Å². The zero-order valence-electron chi connectivity index (χ0n) is 9.35. The Morgan fingerprint density at radius 3 is 2.63 bits per heavy atom. The maximum atomic E-state index is 13.4. The molecule has 0 aliphatic rings. The van der Waals surface area contributed by atoms with Gasteiger partial charge in [-0.2, -0.15) is 0 Å². The Morgan fingerprint density at radius 2 is 1.89 bits per heavy atom. The van der Waals surface area contributed by atoms with Crippen LogP contribution in [0.2, 0.25) is 10.0 Å². The highest BCUT2D eigenvalue weighted by molar-refractivity contribution is 9.10. The van der Waals surface area contributed by atoms with E-state index in [1.165, 1.54) is 6.07 Å². The van der Waals surface area contributed by atoms with Crippen LogP contribution >= 0.6 is 39.1 Å². The lowest BCUT2D eigenvalue weighted by atomic mass is 10.2. The summed E-state index contributed by atoms with van der Waals surface area (Å²) in [6.45, 7) is 0. The SMILES string of the molecule is Fc1cc2[nH]c(-c3ccc(Cl)c(Cl)c3)nc2cc1Br. The molecule has 3 aromatic rings. The first-order valence-corrected chi connectivity index (χ1v) is 6.89. The van der Waals surface area contributed by atoms with Crippen molar-refractivity contribution in [3.63, 3.8) is 0 Å². The minimum Gasteiger partial charge on any atom is -0.338 e. The predicted octanol–water partition coefficient (Wildman–Crippen LogP) is 5.44. The maximum Gasteiger partial charge on any atom is 0.139 e. The number of nitrogens with one attached hydrogen (secondary N) is 1. The Balaban J connectivity index is 2.17. The quantitative estimate of drug-likeness (QED) is 0.615. The number of hydrogen-bond acceptors (Lipinski definition) is 1. The minimum absolute atomic E-state index is 0.336. The summed E-state index contributed by atoms with van der Waals surface area (Å²) in [5, 5.41) is 0.933. The van der Waals surface area contributed by atoms with E-state index in [1.54, 1.807) is 24.3 Å². The Hall–Kier alpha value is -1.10. The normalized spacial score (nSPS) is 11.2. The van der Waals surface area contributed by atoms with E-state index in [4.69, 9.17) is 23.2 Å². The summed E-state index contributed by atoms with van der Waals surface area (Å²) < 4.78 is 13.8. The van der Waals surface area contributed by atoms with Crippen LogP contribution in [0.25, 0.3) is 22.4 Å². The molecule has 19 heavy (non-hydrogen) atoms. The van der Waals surface area contributed by atoms with Crippen LogP contribution in [-0.2, 0) is 0 Å². The van der Waals surface area contributed by atoms with Crippen molar-refractivity contribution in [2.45, 2.75) is 0 Å². The molecule has 0 radical (unpaired) electrons. The molecule has 2 nitrogen and oxygen atoms in total. The maximum absolute atomic E-state index is 13.4. The van der Waals surface area contributed by atoms with Crippen LogP contribution in [0.15, 0.2) is 34.8 Å². The number of rotatable bonds is 1. The molecule has 1 aromatic heterocycles. The predicted molar refractivity (Wildman–Crippen MR) is 79.2 cm³/mol. The summed E-state index contributed by atoms with van der Waals surface area (Å²) in [5.41, 5.74) is 2.10.